The summed E-state index contributed by atoms with van der Waals surface area (Å²) < 4.78 is 5.98. The van der Waals surface area contributed by atoms with Gasteiger partial charge < -0.3 is 0 Å². The Hall–Kier alpha value is -1.38. The summed E-state index contributed by atoms with van der Waals surface area (Å²) in [7, 11) is 0. The maximum atomic E-state index is 12.2. The number of aromatic nitrogens is 5. The lowest BCUT2D eigenvalue weighted by Crippen LogP contribution is -2.21. The minimum atomic E-state index is -0.113. The molecule has 3 aromatic rings. The Morgan fingerprint density at radius 3 is 3.00 bits per heavy atom. The normalized spacial score (nSPS) is 11.2. The molecule has 0 aliphatic rings. The summed E-state index contributed by atoms with van der Waals surface area (Å²) >= 11 is 8.17. The monoisotopic (exact) mass is 299 g/mol. The SMILES string of the molecule is Cc1nsc2ncn(Cc3nnc(Cl)s3)c(=O)c12. The fraction of sp³-hybridized carbons (Fsp3) is 0.222. The van der Waals surface area contributed by atoms with Crippen molar-refractivity contribution >= 4 is 44.7 Å². The smallest absolute Gasteiger partial charge is 0.264 e. The van der Waals surface area contributed by atoms with E-state index >= 15 is 0 Å². The van der Waals surface area contributed by atoms with E-state index in [9.17, 15) is 4.79 Å². The lowest BCUT2D eigenvalue weighted by atomic mass is 10.3. The maximum absolute atomic E-state index is 12.2. The highest BCUT2D eigenvalue weighted by Gasteiger charge is 2.11. The summed E-state index contributed by atoms with van der Waals surface area (Å²) in [5.41, 5.74) is 0.592. The van der Waals surface area contributed by atoms with Crippen LogP contribution < -0.4 is 5.56 Å². The molecule has 0 aliphatic carbocycles. The maximum Gasteiger partial charge on any atom is 0.264 e. The van der Waals surface area contributed by atoms with Crippen LogP contribution in [0.1, 0.15) is 10.7 Å². The third-order valence-electron chi connectivity index (χ3n) is 2.38. The highest BCUT2D eigenvalue weighted by molar-refractivity contribution is 7.15. The third-order valence-corrected chi connectivity index (χ3v) is 4.23. The number of halogens is 1. The molecule has 0 unspecified atom stereocenters. The molecule has 0 aliphatic heterocycles. The van der Waals surface area contributed by atoms with Crippen LogP contribution >= 0.6 is 34.5 Å². The minimum Gasteiger partial charge on any atom is -0.292 e. The number of fused-ring (bicyclic) bond motifs is 1. The van der Waals surface area contributed by atoms with Crippen LogP contribution in [0.25, 0.3) is 10.2 Å². The molecule has 3 heterocycles. The summed E-state index contributed by atoms with van der Waals surface area (Å²) in [5.74, 6) is 0. The van der Waals surface area contributed by atoms with E-state index in [0.29, 0.717) is 31.9 Å². The van der Waals surface area contributed by atoms with Gasteiger partial charge in [0, 0.05) is 0 Å². The Labute approximate surface area is 114 Å². The highest BCUT2D eigenvalue weighted by Crippen LogP contribution is 2.17. The molecule has 0 N–H and O–H groups in total. The van der Waals surface area contributed by atoms with Gasteiger partial charge in [-0.25, -0.2) is 4.98 Å². The molecule has 0 bridgehead atoms. The van der Waals surface area contributed by atoms with Crippen molar-refractivity contribution in [2.75, 3.05) is 0 Å². The highest BCUT2D eigenvalue weighted by atomic mass is 35.5. The van der Waals surface area contributed by atoms with Gasteiger partial charge in [0.25, 0.3) is 5.56 Å². The molecular weight excluding hydrogens is 294 g/mol. The molecule has 3 rings (SSSR count). The number of nitrogens with zero attached hydrogens (tertiary/aromatic N) is 5. The first-order valence-electron chi connectivity index (χ1n) is 4.94. The summed E-state index contributed by atoms with van der Waals surface area (Å²) in [6.45, 7) is 2.12. The Balaban J connectivity index is 2.10. The van der Waals surface area contributed by atoms with E-state index in [1.165, 1.54) is 33.8 Å². The number of hydrogen-bond acceptors (Lipinski definition) is 7. The molecule has 0 radical (unpaired) electrons. The van der Waals surface area contributed by atoms with E-state index in [0.717, 1.165) is 0 Å². The zero-order chi connectivity index (χ0) is 12.7. The van der Waals surface area contributed by atoms with Gasteiger partial charge in [-0.2, -0.15) is 4.37 Å². The van der Waals surface area contributed by atoms with Crippen molar-refractivity contribution in [1.82, 2.24) is 24.1 Å². The van der Waals surface area contributed by atoms with Crippen molar-refractivity contribution in [2.24, 2.45) is 0 Å². The first-order valence-corrected chi connectivity index (χ1v) is 6.91. The van der Waals surface area contributed by atoms with Crippen LogP contribution in [0.5, 0.6) is 0 Å². The van der Waals surface area contributed by atoms with Gasteiger partial charge in [-0.1, -0.05) is 11.3 Å². The number of hydrogen-bond donors (Lipinski definition) is 0. The van der Waals surface area contributed by atoms with Crippen molar-refractivity contribution in [2.45, 2.75) is 13.5 Å². The van der Waals surface area contributed by atoms with Crippen molar-refractivity contribution in [1.29, 1.82) is 0 Å². The van der Waals surface area contributed by atoms with Crippen LogP contribution in [-0.2, 0) is 6.54 Å². The van der Waals surface area contributed by atoms with E-state index < -0.39 is 0 Å². The molecule has 0 spiro atoms. The lowest BCUT2D eigenvalue weighted by Gasteiger charge is -2.01. The molecule has 9 heteroatoms. The van der Waals surface area contributed by atoms with Crippen molar-refractivity contribution in [3.05, 3.63) is 31.8 Å². The van der Waals surface area contributed by atoms with Crippen LogP contribution in [0.4, 0.5) is 0 Å². The standard InChI is InChI=1S/C9H6ClN5OS2/c1-4-6-7(18-14-4)11-3-15(8(6)16)2-5-12-13-9(10)17-5/h3H,2H2,1H3. The topological polar surface area (TPSA) is 73.6 Å². The predicted octanol–water partition coefficient (Wildman–Crippen LogP) is 1.71. The van der Waals surface area contributed by atoms with Crippen molar-refractivity contribution in [3.63, 3.8) is 0 Å². The van der Waals surface area contributed by atoms with Crippen LogP contribution in [0.2, 0.25) is 4.47 Å². The van der Waals surface area contributed by atoms with Gasteiger partial charge in [0.05, 0.1) is 24.0 Å². The molecule has 0 saturated heterocycles. The van der Waals surface area contributed by atoms with Crippen molar-refractivity contribution in [3.8, 4) is 0 Å². The van der Waals surface area contributed by atoms with Gasteiger partial charge in [-0.15, -0.1) is 10.2 Å². The molecule has 0 fully saturated rings. The average molecular weight is 300 g/mol. The first-order chi connectivity index (χ1) is 8.65. The third kappa shape index (κ3) is 1.92. The quantitative estimate of drug-likeness (QED) is 0.720. The molecule has 0 amide bonds. The minimum absolute atomic E-state index is 0.113. The van der Waals surface area contributed by atoms with Gasteiger partial charge in [-0.05, 0) is 30.1 Å². The Morgan fingerprint density at radius 1 is 1.44 bits per heavy atom. The molecule has 0 atom stereocenters. The average Bonchev–Trinajstić information content (AvgIpc) is 2.90. The molecule has 6 nitrogen and oxygen atoms in total. The second-order valence-electron chi connectivity index (χ2n) is 3.57. The second-order valence-corrected chi connectivity index (χ2v) is 5.97. The molecule has 0 aromatic carbocycles. The number of aryl methyl sites for hydroxylation is 1. The van der Waals surface area contributed by atoms with E-state index in [2.05, 4.69) is 19.6 Å². The van der Waals surface area contributed by atoms with Gasteiger partial charge >= 0.3 is 0 Å². The van der Waals surface area contributed by atoms with Crippen LogP contribution in [-0.4, -0.2) is 24.1 Å². The van der Waals surface area contributed by atoms with Crippen molar-refractivity contribution < 1.29 is 0 Å². The zero-order valence-corrected chi connectivity index (χ0v) is 11.5. The second kappa shape index (κ2) is 4.38. The molecular formula is C9H6ClN5OS2. The lowest BCUT2D eigenvalue weighted by molar-refractivity contribution is 0.734. The van der Waals surface area contributed by atoms with Gasteiger partial charge in [-0.3, -0.25) is 9.36 Å². The zero-order valence-electron chi connectivity index (χ0n) is 9.12. The van der Waals surface area contributed by atoms with Crippen LogP contribution in [0, 0.1) is 6.92 Å². The van der Waals surface area contributed by atoms with E-state index in [4.69, 9.17) is 11.6 Å². The van der Waals surface area contributed by atoms with Gasteiger partial charge in [0.2, 0.25) is 4.47 Å². The largest absolute Gasteiger partial charge is 0.292 e. The molecule has 18 heavy (non-hydrogen) atoms. The van der Waals surface area contributed by atoms with Crippen LogP contribution in [0.3, 0.4) is 0 Å². The van der Waals surface area contributed by atoms with Gasteiger partial charge in [0.15, 0.2) is 4.83 Å². The fourth-order valence-electron chi connectivity index (χ4n) is 1.57. The fourth-order valence-corrected chi connectivity index (χ4v) is 3.17. The molecule has 92 valence electrons. The molecule has 3 aromatic heterocycles. The number of rotatable bonds is 2. The van der Waals surface area contributed by atoms with Gasteiger partial charge in [0.1, 0.15) is 5.01 Å². The summed E-state index contributed by atoms with van der Waals surface area (Å²) in [5, 5.41) is 8.82. The van der Waals surface area contributed by atoms with E-state index in [1.807, 2.05) is 0 Å². The summed E-state index contributed by atoms with van der Waals surface area (Å²) in [4.78, 5) is 17.1. The summed E-state index contributed by atoms with van der Waals surface area (Å²) in [6.07, 6.45) is 1.50. The Kier molecular flexibility index (Phi) is 2.84. The predicted molar refractivity (Wildman–Crippen MR) is 70.4 cm³/mol. The summed E-state index contributed by atoms with van der Waals surface area (Å²) in [6, 6.07) is 0. The van der Waals surface area contributed by atoms with E-state index in [-0.39, 0.29) is 5.56 Å². The first kappa shape index (κ1) is 11.7. The van der Waals surface area contributed by atoms with Crippen LogP contribution in [0.15, 0.2) is 11.1 Å². The Morgan fingerprint density at radius 2 is 2.28 bits per heavy atom. The molecule has 0 saturated carbocycles. The van der Waals surface area contributed by atoms with E-state index in [1.54, 1.807) is 6.92 Å². The Bertz CT molecular complexity index is 777.